The number of nitrogens with zero attached hydrogens (tertiary/aromatic N) is 1. The Balaban J connectivity index is 3.44. The Kier molecular flexibility index (Phi) is 5.43. The second kappa shape index (κ2) is 6.54. The molecule has 1 rings (SSSR count). The number of allylic oxidation sites excluding steroid dienone is 2. The summed E-state index contributed by atoms with van der Waals surface area (Å²) in [5.74, 6) is 0. The SMILES string of the molecule is CCN=C(/C=C(\C)C(F)(F)F)c1cc(C(F)(F)F)ccc1C. The highest BCUT2D eigenvalue weighted by Gasteiger charge is 2.32. The molecule has 0 spiro atoms. The van der Waals surface area contributed by atoms with Crippen molar-refractivity contribution in [1.82, 2.24) is 0 Å². The number of benzene rings is 1. The van der Waals surface area contributed by atoms with Gasteiger partial charge in [-0.3, -0.25) is 4.99 Å². The van der Waals surface area contributed by atoms with Gasteiger partial charge in [0.2, 0.25) is 0 Å². The molecule has 0 bridgehead atoms. The number of rotatable bonds is 3. The van der Waals surface area contributed by atoms with Gasteiger partial charge in [0.05, 0.1) is 11.3 Å². The molecule has 0 unspecified atom stereocenters. The zero-order valence-corrected chi connectivity index (χ0v) is 12.2. The lowest BCUT2D eigenvalue weighted by Gasteiger charge is -2.13. The summed E-state index contributed by atoms with van der Waals surface area (Å²) in [5.41, 5.74) is -1.49. The van der Waals surface area contributed by atoms with E-state index in [1.807, 2.05) is 0 Å². The van der Waals surface area contributed by atoms with E-state index in [9.17, 15) is 26.3 Å². The van der Waals surface area contributed by atoms with Crippen molar-refractivity contribution in [3.63, 3.8) is 0 Å². The largest absolute Gasteiger partial charge is 0.416 e. The Hall–Kier alpha value is -1.79. The predicted octanol–water partition coefficient (Wildman–Crippen LogP) is 5.33. The molecule has 0 saturated carbocycles. The third kappa shape index (κ3) is 4.61. The van der Waals surface area contributed by atoms with Crippen LogP contribution in [0.1, 0.15) is 30.5 Å². The fourth-order valence-electron chi connectivity index (χ4n) is 1.74. The molecule has 1 aromatic carbocycles. The van der Waals surface area contributed by atoms with Crippen LogP contribution < -0.4 is 0 Å². The zero-order valence-electron chi connectivity index (χ0n) is 12.2. The monoisotopic (exact) mass is 323 g/mol. The molecule has 0 heterocycles. The standard InChI is InChI=1S/C15H15F6N/c1-4-22-13(7-10(3)14(16,17)18)12-8-11(15(19,20)21)6-5-9(12)2/h5-8H,4H2,1-3H3/b10-7+,22-13?. The molecule has 0 amide bonds. The average molecular weight is 323 g/mol. The van der Waals surface area contributed by atoms with Crippen molar-refractivity contribution in [2.45, 2.75) is 33.1 Å². The molecule has 0 saturated heterocycles. The van der Waals surface area contributed by atoms with Crippen LogP contribution in [-0.4, -0.2) is 18.4 Å². The van der Waals surface area contributed by atoms with E-state index in [4.69, 9.17) is 0 Å². The normalized spacial score (nSPS) is 14.4. The fraction of sp³-hybridized carbons (Fsp3) is 0.400. The maximum Gasteiger partial charge on any atom is 0.416 e. The van der Waals surface area contributed by atoms with Crippen LogP contribution in [0.4, 0.5) is 26.3 Å². The van der Waals surface area contributed by atoms with Crippen LogP contribution in [0.15, 0.2) is 34.8 Å². The third-order valence-electron chi connectivity index (χ3n) is 2.97. The van der Waals surface area contributed by atoms with Gasteiger partial charge < -0.3 is 0 Å². The van der Waals surface area contributed by atoms with E-state index in [2.05, 4.69) is 4.99 Å². The van der Waals surface area contributed by atoms with Crippen molar-refractivity contribution in [1.29, 1.82) is 0 Å². The van der Waals surface area contributed by atoms with Gasteiger partial charge in [0.25, 0.3) is 0 Å². The Morgan fingerprint density at radius 1 is 1.14 bits per heavy atom. The molecule has 22 heavy (non-hydrogen) atoms. The highest BCUT2D eigenvalue weighted by atomic mass is 19.4. The lowest BCUT2D eigenvalue weighted by atomic mass is 9.99. The fourth-order valence-corrected chi connectivity index (χ4v) is 1.74. The molecule has 1 aromatic rings. The van der Waals surface area contributed by atoms with Gasteiger partial charge in [-0.15, -0.1) is 0 Å². The topological polar surface area (TPSA) is 12.4 Å². The molecular formula is C15H15F6N. The van der Waals surface area contributed by atoms with Gasteiger partial charge in [-0.05, 0) is 44.5 Å². The molecule has 0 aromatic heterocycles. The Labute approximate surface area is 124 Å². The Morgan fingerprint density at radius 3 is 2.18 bits per heavy atom. The van der Waals surface area contributed by atoms with Crippen molar-refractivity contribution < 1.29 is 26.3 Å². The lowest BCUT2D eigenvalue weighted by molar-refractivity contribution is -0.137. The van der Waals surface area contributed by atoms with E-state index in [0.717, 1.165) is 25.1 Å². The first-order valence-electron chi connectivity index (χ1n) is 6.45. The van der Waals surface area contributed by atoms with E-state index in [0.29, 0.717) is 5.56 Å². The van der Waals surface area contributed by atoms with Gasteiger partial charge in [0.1, 0.15) is 0 Å². The number of hydrogen-bond acceptors (Lipinski definition) is 1. The van der Waals surface area contributed by atoms with Crippen molar-refractivity contribution >= 4 is 5.71 Å². The second-order valence-corrected chi connectivity index (χ2v) is 4.71. The summed E-state index contributed by atoms with van der Waals surface area (Å²) in [5, 5.41) is 0. The van der Waals surface area contributed by atoms with Crippen molar-refractivity contribution in [2.24, 2.45) is 4.99 Å². The molecule has 0 fully saturated rings. The minimum atomic E-state index is -4.57. The van der Waals surface area contributed by atoms with E-state index in [1.165, 1.54) is 13.0 Å². The van der Waals surface area contributed by atoms with Crippen LogP contribution in [-0.2, 0) is 6.18 Å². The van der Waals surface area contributed by atoms with Crippen molar-refractivity contribution in [2.75, 3.05) is 6.54 Å². The molecule has 0 aliphatic carbocycles. The summed E-state index contributed by atoms with van der Waals surface area (Å²) in [6.07, 6.45) is -8.35. The highest BCUT2D eigenvalue weighted by molar-refractivity contribution is 6.10. The summed E-state index contributed by atoms with van der Waals surface area (Å²) in [4.78, 5) is 3.90. The summed E-state index contributed by atoms with van der Waals surface area (Å²) in [6, 6.07) is 2.94. The number of halogens is 6. The first kappa shape index (κ1) is 18.3. The third-order valence-corrected chi connectivity index (χ3v) is 2.97. The summed E-state index contributed by atoms with van der Waals surface area (Å²) in [7, 11) is 0. The molecule has 0 radical (unpaired) electrons. The zero-order chi connectivity index (χ0) is 17.1. The molecule has 0 aliphatic rings. The van der Waals surface area contributed by atoms with Gasteiger partial charge in [-0.1, -0.05) is 6.07 Å². The Morgan fingerprint density at radius 2 is 1.73 bits per heavy atom. The van der Waals surface area contributed by atoms with Crippen LogP contribution in [0.5, 0.6) is 0 Å². The van der Waals surface area contributed by atoms with Gasteiger partial charge in [-0.2, -0.15) is 26.3 Å². The van der Waals surface area contributed by atoms with Crippen LogP contribution in [0.3, 0.4) is 0 Å². The van der Waals surface area contributed by atoms with Gasteiger partial charge >= 0.3 is 12.4 Å². The molecule has 0 aliphatic heterocycles. The maximum absolute atomic E-state index is 12.8. The highest BCUT2D eigenvalue weighted by Crippen LogP contribution is 2.31. The summed E-state index contributed by atoms with van der Waals surface area (Å²) < 4.78 is 76.2. The van der Waals surface area contributed by atoms with Crippen LogP contribution in [0.25, 0.3) is 0 Å². The lowest BCUT2D eigenvalue weighted by Crippen LogP contribution is -2.13. The smallest absolute Gasteiger partial charge is 0.285 e. The second-order valence-electron chi connectivity index (χ2n) is 4.71. The van der Waals surface area contributed by atoms with E-state index in [1.54, 1.807) is 6.92 Å². The Bertz CT molecular complexity index is 593. The minimum absolute atomic E-state index is 0.0419. The van der Waals surface area contributed by atoms with Crippen LogP contribution in [0, 0.1) is 6.92 Å². The predicted molar refractivity (Wildman–Crippen MR) is 73.1 cm³/mol. The first-order valence-corrected chi connectivity index (χ1v) is 6.45. The van der Waals surface area contributed by atoms with Crippen LogP contribution in [0.2, 0.25) is 0 Å². The molecule has 1 nitrogen and oxygen atoms in total. The number of hydrogen-bond donors (Lipinski definition) is 0. The molecule has 7 heteroatoms. The number of alkyl halides is 6. The molecule has 122 valence electrons. The number of aryl methyl sites for hydroxylation is 1. The summed E-state index contributed by atoms with van der Waals surface area (Å²) in [6.45, 7) is 4.14. The molecule has 0 atom stereocenters. The van der Waals surface area contributed by atoms with Gasteiger partial charge in [0, 0.05) is 17.7 Å². The average Bonchev–Trinajstić information content (AvgIpc) is 2.36. The van der Waals surface area contributed by atoms with Crippen molar-refractivity contribution in [3.05, 3.63) is 46.5 Å². The quantitative estimate of drug-likeness (QED) is 0.526. The van der Waals surface area contributed by atoms with Crippen LogP contribution >= 0.6 is 0 Å². The van der Waals surface area contributed by atoms with E-state index in [-0.39, 0.29) is 17.8 Å². The minimum Gasteiger partial charge on any atom is -0.285 e. The van der Waals surface area contributed by atoms with Crippen molar-refractivity contribution in [3.8, 4) is 0 Å². The van der Waals surface area contributed by atoms with E-state index >= 15 is 0 Å². The van der Waals surface area contributed by atoms with Gasteiger partial charge in [-0.25, -0.2) is 0 Å². The number of aliphatic imine (C=N–C) groups is 1. The molecule has 0 N–H and O–H groups in total. The summed E-state index contributed by atoms with van der Waals surface area (Å²) >= 11 is 0. The maximum atomic E-state index is 12.8. The van der Waals surface area contributed by atoms with E-state index < -0.39 is 23.5 Å². The first-order chi connectivity index (χ1) is 9.96. The molecular weight excluding hydrogens is 308 g/mol. The van der Waals surface area contributed by atoms with Gasteiger partial charge in [0.15, 0.2) is 0 Å².